The summed E-state index contributed by atoms with van der Waals surface area (Å²) in [6.07, 6.45) is 1.20. The first kappa shape index (κ1) is 16.2. The van der Waals surface area contributed by atoms with E-state index in [1.165, 1.54) is 18.3 Å². The number of hydrogen-bond donors (Lipinski definition) is 0. The van der Waals surface area contributed by atoms with Crippen LogP contribution in [-0.4, -0.2) is 8.42 Å². The van der Waals surface area contributed by atoms with Crippen LogP contribution in [0.3, 0.4) is 0 Å². The van der Waals surface area contributed by atoms with Gasteiger partial charge in [0.15, 0.2) is 6.20 Å². The van der Waals surface area contributed by atoms with Crippen molar-refractivity contribution in [2.45, 2.75) is 17.2 Å². The number of aromatic nitrogens is 1. The fourth-order valence-electron chi connectivity index (χ4n) is 2.79. The Labute approximate surface area is 141 Å². The summed E-state index contributed by atoms with van der Waals surface area (Å²) in [6, 6.07) is 20.7. The third-order valence-corrected chi connectivity index (χ3v) is 6.01. The summed E-state index contributed by atoms with van der Waals surface area (Å²) in [5.74, 6) is 0. The van der Waals surface area contributed by atoms with Crippen molar-refractivity contribution in [3.05, 3.63) is 101 Å². The normalized spacial score (nSPS) is 12.7. The Bertz CT molecular complexity index is 953. The molecule has 1 unspecified atom stereocenters. The van der Waals surface area contributed by atoms with Crippen molar-refractivity contribution >= 4 is 9.84 Å². The third-order valence-electron chi connectivity index (χ3n) is 3.96. The number of aryl methyl sites for hydroxylation is 1. The van der Waals surface area contributed by atoms with Crippen LogP contribution in [0.25, 0.3) is 0 Å². The number of pyridine rings is 1. The molecule has 2 aromatic carbocycles. The smallest absolute Gasteiger partial charge is 0.309 e. The van der Waals surface area contributed by atoms with Gasteiger partial charge in [-0.05, 0) is 29.7 Å². The van der Waals surface area contributed by atoms with Gasteiger partial charge in [-0.25, -0.2) is 8.42 Å². The highest BCUT2D eigenvalue weighted by atomic mass is 32.2. The molecule has 0 fully saturated rings. The van der Waals surface area contributed by atoms with Gasteiger partial charge in [-0.3, -0.25) is 0 Å². The molecule has 0 bridgehead atoms. The molecule has 0 amide bonds. The molecule has 3 aromatic rings. The summed E-state index contributed by atoms with van der Waals surface area (Å²) in [5, 5.41) is 10.9. The van der Waals surface area contributed by atoms with E-state index in [0.29, 0.717) is 15.9 Å². The van der Waals surface area contributed by atoms with E-state index in [1.807, 2.05) is 31.2 Å². The Hall–Kier alpha value is -2.66. The lowest BCUT2D eigenvalue weighted by molar-refractivity contribution is -0.646. The molecule has 0 N–H and O–H groups in total. The van der Waals surface area contributed by atoms with E-state index in [9.17, 15) is 13.6 Å². The van der Waals surface area contributed by atoms with Crippen molar-refractivity contribution in [1.82, 2.24) is 0 Å². The minimum Gasteiger partial charge on any atom is -0.618 e. The zero-order chi connectivity index (χ0) is 17.2. The molecule has 122 valence electrons. The molecule has 0 aliphatic heterocycles. The minimum atomic E-state index is -3.91. The number of hydrogen-bond acceptors (Lipinski definition) is 3. The van der Waals surface area contributed by atoms with Crippen molar-refractivity contribution in [3.63, 3.8) is 0 Å². The maximum absolute atomic E-state index is 13.3. The van der Waals surface area contributed by atoms with Crippen LogP contribution in [0, 0.1) is 12.1 Å². The van der Waals surface area contributed by atoms with Crippen molar-refractivity contribution in [2.75, 3.05) is 0 Å². The summed E-state index contributed by atoms with van der Waals surface area (Å²) < 4.78 is 27.0. The highest BCUT2D eigenvalue weighted by Crippen LogP contribution is 2.35. The van der Waals surface area contributed by atoms with Crippen LogP contribution in [0.4, 0.5) is 0 Å². The number of sulfone groups is 1. The number of rotatable bonds is 4. The quantitative estimate of drug-likeness (QED) is 0.542. The van der Waals surface area contributed by atoms with Gasteiger partial charge in [0, 0.05) is 12.1 Å². The predicted molar refractivity (Wildman–Crippen MR) is 92.1 cm³/mol. The van der Waals surface area contributed by atoms with Crippen molar-refractivity contribution < 1.29 is 13.1 Å². The number of nitrogens with zero attached hydrogens (tertiary/aromatic N) is 1. The molecular weight excluding hydrogens is 322 g/mol. The highest BCUT2D eigenvalue weighted by Gasteiger charge is 2.36. The SMILES string of the molecule is Cc1ccccc1C(c1ccccc1)S(=O)(=O)c1cccc[n+]1[O-]. The minimum absolute atomic E-state index is 0.248. The van der Waals surface area contributed by atoms with Crippen LogP contribution in [0.5, 0.6) is 0 Å². The summed E-state index contributed by atoms with van der Waals surface area (Å²) in [4.78, 5) is 0. The maximum atomic E-state index is 13.3. The monoisotopic (exact) mass is 339 g/mol. The molecule has 24 heavy (non-hydrogen) atoms. The van der Waals surface area contributed by atoms with Gasteiger partial charge >= 0.3 is 5.03 Å². The zero-order valence-corrected chi connectivity index (χ0v) is 14.0. The molecule has 0 radical (unpaired) electrons. The Balaban J connectivity index is 2.27. The second kappa shape index (κ2) is 6.45. The van der Waals surface area contributed by atoms with Crippen LogP contribution >= 0.6 is 0 Å². The standard InChI is InChI=1S/C19H17NO3S/c1-15-9-5-6-12-17(15)19(16-10-3-2-4-11-16)24(22,23)18-13-7-8-14-20(18)21/h2-14,19H,1H3. The average molecular weight is 339 g/mol. The second-order valence-corrected chi connectivity index (χ2v) is 7.54. The maximum Gasteiger partial charge on any atom is 0.309 e. The van der Waals surface area contributed by atoms with Crippen molar-refractivity contribution in [1.29, 1.82) is 0 Å². The lowest BCUT2D eigenvalue weighted by Crippen LogP contribution is -2.35. The molecule has 0 saturated heterocycles. The van der Waals surface area contributed by atoms with E-state index >= 15 is 0 Å². The summed E-state index contributed by atoms with van der Waals surface area (Å²) in [6.45, 7) is 1.87. The summed E-state index contributed by atoms with van der Waals surface area (Å²) in [5.41, 5.74) is 2.17. The van der Waals surface area contributed by atoms with Gasteiger partial charge in [-0.1, -0.05) is 54.6 Å². The fourth-order valence-corrected chi connectivity index (χ4v) is 4.72. The van der Waals surface area contributed by atoms with Crippen LogP contribution in [0.1, 0.15) is 21.9 Å². The molecule has 0 aliphatic rings. The molecule has 5 heteroatoms. The topological polar surface area (TPSA) is 61.1 Å². The third kappa shape index (κ3) is 2.90. The number of benzene rings is 2. The highest BCUT2D eigenvalue weighted by molar-refractivity contribution is 7.91. The van der Waals surface area contributed by atoms with Crippen LogP contribution in [-0.2, 0) is 9.84 Å². The second-order valence-electron chi connectivity index (χ2n) is 5.56. The summed E-state index contributed by atoms with van der Waals surface area (Å²) >= 11 is 0. The molecule has 0 aliphatic carbocycles. The van der Waals surface area contributed by atoms with Crippen molar-refractivity contribution in [3.8, 4) is 0 Å². The Morgan fingerprint density at radius 3 is 2.17 bits per heavy atom. The van der Waals surface area contributed by atoms with E-state index in [0.717, 1.165) is 5.56 Å². The van der Waals surface area contributed by atoms with Crippen LogP contribution in [0.15, 0.2) is 84.0 Å². The van der Waals surface area contributed by atoms with E-state index < -0.39 is 15.1 Å². The van der Waals surface area contributed by atoms with E-state index in [4.69, 9.17) is 0 Å². The van der Waals surface area contributed by atoms with E-state index in [-0.39, 0.29) is 5.03 Å². The fraction of sp³-hybridized carbons (Fsp3) is 0.105. The molecule has 0 saturated carbocycles. The molecule has 3 rings (SSSR count). The molecule has 1 heterocycles. The van der Waals surface area contributed by atoms with Crippen molar-refractivity contribution in [2.24, 2.45) is 0 Å². The van der Waals surface area contributed by atoms with Gasteiger partial charge in [0.05, 0.1) is 0 Å². The molecule has 4 nitrogen and oxygen atoms in total. The van der Waals surface area contributed by atoms with E-state index in [1.54, 1.807) is 36.4 Å². The molecule has 1 aromatic heterocycles. The van der Waals surface area contributed by atoms with Gasteiger partial charge < -0.3 is 5.21 Å². The van der Waals surface area contributed by atoms with Crippen LogP contribution in [0.2, 0.25) is 0 Å². The summed E-state index contributed by atoms with van der Waals surface area (Å²) in [7, 11) is -3.91. The van der Waals surface area contributed by atoms with Crippen LogP contribution < -0.4 is 4.73 Å². The lowest BCUT2D eigenvalue weighted by Gasteiger charge is -2.19. The zero-order valence-electron chi connectivity index (χ0n) is 13.2. The predicted octanol–water partition coefficient (Wildman–Crippen LogP) is 3.19. The van der Waals surface area contributed by atoms with Gasteiger partial charge in [0.25, 0.3) is 0 Å². The molecule has 1 atom stereocenters. The Morgan fingerprint density at radius 2 is 1.50 bits per heavy atom. The Kier molecular flexibility index (Phi) is 4.36. The van der Waals surface area contributed by atoms with Gasteiger partial charge in [-0.15, -0.1) is 0 Å². The van der Waals surface area contributed by atoms with Gasteiger partial charge in [-0.2, -0.15) is 4.73 Å². The Morgan fingerprint density at radius 1 is 0.875 bits per heavy atom. The molecular formula is C19H17NO3S. The van der Waals surface area contributed by atoms with Gasteiger partial charge in [0.1, 0.15) is 5.25 Å². The first-order chi connectivity index (χ1) is 11.5. The average Bonchev–Trinajstić information content (AvgIpc) is 2.58. The first-order valence-electron chi connectivity index (χ1n) is 7.54. The van der Waals surface area contributed by atoms with Gasteiger partial charge in [0.2, 0.25) is 9.84 Å². The first-order valence-corrected chi connectivity index (χ1v) is 9.09. The van der Waals surface area contributed by atoms with E-state index in [2.05, 4.69) is 0 Å². The lowest BCUT2D eigenvalue weighted by atomic mass is 10.0. The largest absolute Gasteiger partial charge is 0.618 e. The molecule has 0 spiro atoms.